The molecule has 116 valence electrons. The summed E-state index contributed by atoms with van der Waals surface area (Å²) in [4.78, 5) is 7.22. The van der Waals surface area contributed by atoms with Gasteiger partial charge in [0.25, 0.3) is 0 Å². The van der Waals surface area contributed by atoms with Crippen LogP contribution in [-0.2, 0) is 6.54 Å². The van der Waals surface area contributed by atoms with Gasteiger partial charge < -0.3 is 4.90 Å². The molecule has 0 aliphatic carbocycles. The van der Waals surface area contributed by atoms with Crippen molar-refractivity contribution in [3.05, 3.63) is 95.6 Å². The van der Waals surface area contributed by atoms with Crippen LogP contribution in [0.4, 0.5) is 0 Å². The van der Waals surface area contributed by atoms with Gasteiger partial charge in [-0.1, -0.05) is 78.9 Å². The molecule has 0 amide bonds. The highest BCUT2D eigenvalue weighted by atomic mass is 15.2. The van der Waals surface area contributed by atoms with Crippen LogP contribution in [0.25, 0.3) is 0 Å². The maximum absolute atomic E-state index is 4.87. The minimum Gasteiger partial charge on any atom is -0.348 e. The lowest BCUT2D eigenvalue weighted by atomic mass is 10.1. The van der Waals surface area contributed by atoms with Crippen LogP contribution in [0.1, 0.15) is 16.7 Å². The molecule has 2 heteroatoms. The van der Waals surface area contributed by atoms with Gasteiger partial charge in [0, 0.05) is 18.7 Å². The fraction of sp³-hybridized carbons (Fsp3) is 0.190. The predicted octanol–water partition coefficient (Wildman–Crippen LogP) is 4.37. The molecule has 0 radical (unpaired) electrons. The zero-order valence-electron chi connectivity index (χ0n) is 13.5. The van der Waals surface area contributed by atoms with Crippen molar-refractivity contribution in [2.45, 2.75) is 13.5 Å². The molecule has 0 unspecified atom stereocenters. The van der Waals surface area contributed by atoms with E-state index in [1.165, 1.54) is 16.7 Å². The standard InChI is InChI=1S/C21H22N2/c1-18-11-7-8-14-20(18)21-22-15-9-2-3-10-16-23(21)17-19-12-5-4-6-13-19/h2-14H,15-17H2,1H3/b9-2-,10-3-,22-21-. The molecule has 23 heavy (non-hydrogen) atoms. The van der Waals surface area contributed by atoms with Gasteiger partial charge in [-0.2, -0.15) is 0 Å². The van der Waals surface area contributed by atoms with Gasteiger partial charge in [-0.25, -0.2) is 0 Å². The summed E-state index contributed by atoms with van der Waals surface area (Å²) < 4.78 is 0. The van der Waals surface area contributed by atoms with E-state index in [0.717, 1.165) is 18.9 Å². The second kappa shape index (κ2) is 7.59. The van der Waals surface area contributed by atoms with Crippen LogP contribution in [0.2, 0.25) is 0 Å². The Hall–Kier alpha value is -2.61. The van der Waals surface area contributed by atoms with Crippen LogP contribution in [-0.4, -0.2) is 23.8 Å². The summed E-state index contributed by atoms with van der Waals surface area (Å²) in [6, 6.07) is 19.1. The van der Waals surface area contributed by atoms with Crippen LogP contribution in [0.3, 0.4) is 0 Å². The number of hydrogen-bond acceptors (Lipinski definition) is 2. The first kappa shape index (κ1) is 15.3. The van der Waals surface area contributed by atoms with E-state index in [9.17, 15) is 0 Å². The second-order valence-electron chi connectivity index (χ2n) is 5.70. The lowest BCUT2D eigenvalue weighted by Crippen LogP contribution is -2.32. The SMILES string of the molecule is Cc1ccccc1/C1=N/C/C=C\C=C/CN1Cc1ccccc1. The van der Waals surface area contributed by atoms with Gasteiger partial charge in [-0.15, -0.1) is 0 Å². The van der Waals surface area contributed by atoms with E-state index in [-0.39, 0.29) is 0 Å². The third-order valence-electron chi connectivity index (χ3n) is 3.96. The number of allylic oxidation sites excluding steroid dienone is 2. The van der Waals surface area contributed by atoms with E-state index < -0.39 is 0 Å². The lowest BCUT2D eigenvalue weighted by molar-refractivity contribution is 0.456. The molecule has 2 nitrogen and oxygen atoms in total. The highest BCUT2D eigenvalue weighted by molar-refractivity contribution is 6.00. The number of aryl methyl sites for hydroxylation is 1. The fourth-order valence-corrected chi connectivity index (χ4v) is 2.75. The Bertz CT molecular complexity index is 727. The topological polar surface area (TPSA) is 15.6 Å². The highest BCUT2D eigenvalue weighted by Gasteiger charge is 2.15. The Kier molecular flexibility index (Phi) is 5.05. The summed E-state index contributed by atoms with van der Waals surface area (Å²) in [5.41, 5.74) is 3.78. The molecule has 0 aromatic heterocycles. The van der Waals surface area contributed by atoms with E-state index in [4.69, 9.17) is 4.99 Å². The van der Waals surface area contributed by atoms with Gasteiger partial charge in [0.2, 0.25) is 0 Å². The molecular weight excluding hydrogens is 280 g/mol. The number of aliphatic imine (C=N–C) groups is 1. The van der Waals surface area contributed by atoms with Gasteiger partial charge in [0.1, 0.15) is 5.84 Å². The Labute approximate surface area is 138 Å². The Morgan fingerprint density at radius 2 is 1.65 bits per heavy atom. The summed E-state index contributed by atoms with van der Waals surface area (Å²) >= 11 is 0. The van der Waals surface area contributed by atoms with E-state index in [0.29, 0.717) is 6.54 Å². The van der Waals surface area contributed by atoms with Crippen molar-refractivity contribution >= 4 is 5.84 Å². The molecule has 1 aliphatic heterocycles. The fourth-order valence-electron chi connectivity index (χ4n) is 2.75. The maximum atomic E-state index is 4.87. The molecule has 0 atom stereocenters. The molecule has 2 aromatic rings. The molecule has 1 aliphatic rings. The molecule has 0 bridgehead atoms. The Balaban J connectivity index is 1.97. The van der Waals surface area contributed by atoms with Gasteiger partial charge in [-0.3, -0.25) is 4.99 Å². The highest BCUT2D eigenvalue weighted by Crippen LogP contribution is 2.15. The van der Waals surface area contributed by atoms with Crippen LogP contribution in [0.5, 0.6) is 0 Å². The van der Waals surface area contributed by atoms with Crippen LogP contribution in [0.15, 0.2) is 83.9 Å². The Morgan fingerprint density at radius 1 is 0.913 bits per heavy atom. The lowest BCUT2D eigenvalue weighted by Gasteiger charge is -2.26. The average Bonchev–Trinajstić information content (AvgIpc) is 2.69. The van der Waals surface area contributed by atoms with Gasteiger partial charge in [0.15, 0.2) is 0 Å². The summed E-state index contributed by atoms with van der Waals surface area (Å²) in [5, 5.41) is 0. The maximum Gasteiger partial charge on any atom is 0.132 e. The molecule has 2 aromatic carbocycles. The summed E-state index contributed by atoms with van der Waals surface area (Å²) in [7, 11) is 0. The largest absolute Gasteiger partial charge is 0.348 e. The summed E-state index contributed by atoms with van der Waals surface area (Å²) in [6.07, 6.45) is 8.47. The molecule has 3 rings (SSSR count). The molecule has 0 saturated carbocycles. The summed E-state index contributed by atoms with van der Waals surface area (Å²) in [6.45, 7) is 4.57. The van der Waals surface area contributed by atoms with E-state index in [1.54, 1.807) is 0 Å². The van der Waals surface area contributed by atoms with Gasteiger partial charge in [-0.05, 0) is 18.1 Å². The first-order chi connectivity index (χ1) is 11.3. The van der Waals surface area contributed by atoms with E-state index in [2.05, 4.69) is 90.7 Å². The number of nitrogens with zero attached hydrogens (tertiary/aromatic N) is 2. The minimum absolute atomic E-state index is 0.708. The van der Waals surface area contributed by atoms with Crippen LogP contribution in [0, 0.1) is 6.92 Å². The smallest absolute Gasteiger partial charge is 0.132 e. The van der Waals surface area contributed by atoms with Crippen molar-refractivity contribution in [3.63, 3.8) is 0 Å². The monoisotopic (exact) mass is 302 g/mol. The molecule has 0 fully saturated rings. The molecule has 0 spiro atoms. The number of amidine groups is 1. The second-order valence-corrected chi connectivity index (χ2v) is 5.70. The van der Waals surface area contributed by atoms with Gasteiger partial charge in [0.05, 0.1) is 6.54 Å². The average molecular weight is 302 g/mol. The van der Waals surface area contributed by atoms with Crippen molar-refractivity contribution in [1.29, 1.82) is 0 Å². The van der Waals surface area contributed by atoms with Crippen LogP contribution >= 0.6 is 0 Å². The third kappa shape index (κ3) is 3.98. The number of rotatable bonds is 3. The van der Waals surface area contributed by atoms with Crippen molar-refractivity contribution in [2.24, 2.45) is 4.99 Å². The number of benzene rings is 2. The number of hydrogen-bond donors (Lipinski definition) is 0. The first-order valence-corrected chi connectivity index (χ1v) is 8.05. The van der Waals surface area contributed by atoms with Crippen molar-refractivity contribution < 1.29 is 0 Å². The predicted molar refractivity (Wildman–Crippen MR) is 97.7 cm³/mol. The third-order valence-corrected chi connectivity index (χ3v) is 3.96. The normalized spacial score (nSPS) is 19.9. The van der Waals surface area contributed by atoms with Gasteiger partial charge >= 0.3 is 0 Å². The van der Waals surface area contributed by atoms with Crippen LogP contribution < -0.4 is 0 Å². The van der Waals surface area contributed by atoms with Crippen molar-refractivity contribution in [3.8, 4) is 0 Å². The van der Waals surface area contributed by atoms with E-state index >= 15 is 0 Å². The minimum atomic E-state index is 0.708. The first-order valence-electron chi connectivity index (χ1n) is 8.05. The molecule has 1 heterocycles. The molecule has 0 saturated heterocycles. The van der Waals surface area contributed by atoms with E-state index in [1.807, 2.05) is 0 Å². The Morgan fingerprint density at radius 3 is 2.48 bits per heavy atom. The van der Waals surface area contributed by atoms with Crippen molar-refractivity contribution in [2.75, 3.05) is 13.1 Å². The zero-order chi connectivity index (χ0) is 15.9. The summed E-state index contributed by atoms with van der Waals surface area (Å²) in [5.74, 6) is 1.07. The molecule has 0 N–H and O–H groups in total. The zero-order valence-corrected chi connectivity index (χ0v) is 13.5. The molecular formula is C21H22N2. The van der Waals surface area contributed by atoms with Crippen molar-refractivity contribution in [1.82, 2.24) is 4.90 Å². The quantitative estimate of drug-likeness (QED) is 0.822.